The van der Waals surface area contributed by atoms with Crippen LogP contribution in [0, 0.1) is 6.92 Å². The second-order valence-electron chi connectivity index (χ2n) is 7.81. The van der Waals surface area contributed by atoms with E-state index in [0.29, 0.717) is 17.3 Å². The molecule has 0 aliphatic carbocycles. The van der Waals surface area contributed by atoms with Gasteiger partial charge in [0, 0.05) is 5.69 Å². The maximum atomic E-state index is 13.0. The van der Waals surface area contributed by atoms with Crippen molar-refractivity contribution >= 4 is 29.1 Å². The van der Waals surface area contributed by atoms with Gasteiger partial charge in [-0.2, -0.15) is 5.11 Å². The van der Waals surface area contributed by atoms with E-state index >= 15 is 0 Å². The van der Waals surface area contributed by atoms with Crippen molar-refractivity contribution in [2.45, 2.75) is 38.8 Å². The highest BCUT2D eigenvalue weighted by molar-refractivity contribution is 6.25. The summed E-state index contributed by atoms with van der Waals surface area (Å²) in [6.45, 7) is 5.87. The van der Waals surface area contributed by atoms with E-state index < -0.39 is 23.9 Å². The summed E-state index contributed by atoms with van der Waals surface area (Å²) in [6, 6.07) is 12.9. The number of fused-ring (bicyclic) bond motifs is 1. The molecule has 0 aromatic heterocycles. The summed E-state index contributed by atoms with van der Waals surface area (Å²) < 4.78 is 0. The van der Waals surface area contributed by atoms with Gasteiger partial charge >= 0.3 is 0 Å². The number of nitrogens with one attached hydrogen (secondary N) is 1. The summed E-state index contributed by atoms with van der Waals surface area (Å²) in [6.07, 6.45) is 0. The third-order valence-corrected chi connectivity index (χ3v) is 5.40. The van der Waals surface area contributed by atoms with Gasteiger partial charge in [-0.1, -0.05) is 49.4 Å². The van der Waals surface area contributed by atoms with E-state index in [2.05, 4.69) is 29.5 Å². The molecule has 2 heterocycles. The molecule has 1 fully saturated rings. The lowest BCUT2D eigenvalue weighted by Gasteiger charge is -2.20. The van der Waals surface area contributed by atoms with E-state index in [1.807, 2.05) is 37.3 Å². The fourth-order valence-corrected chi connectivity index (χ4v) is 3.67. The second-order valence-corrected chi connectivity index (χ2v) is 7.81. The van der Waals surface area contributed by atoms with Crippen LogP contribution in [-0.2, 0) is 14.4 Å². The van der Waals surface area contributed by atoms with Crippen LogP contribution < -0.4 is 10.2 Å². The van der Waals surface area contributed by atoms with Gasteiger partial charge in [0.05, 0.1) is 5.69 Å². The SMILES string of the molecule is Cc1ccccc1NC(=O)CN1N=NC2C(=O)N(c3ccc(C(C)C)cc3)C(=O)C21. The minimum Gasteiger partial charge on any atom is -0.324 e. The van der Waals surface area contributed by atoms with Crippen LogP contribution in [0.25, 0.3) is 0 Å². The summed E-state index contributed by atoms with van der Waals surface area (Å²) in [5, 5.41) is 12.0. The molecule has 8 nitrogen and oxygen atoms in total. The lowest BCUT2D eigenvalue weighted by Crippen LogP contribution is -2.43. The smallest absolute Gasteiger partial charge is 0.263 e. The van der Waals surface area contributed by atoms with E-state index in [-0.39, 0.29) is 12.5 Å². The molecular weight excluding hydrogens is 382 g/mol. The molecule has 0 radical (unpaired) electrons. The molecule has 0 saturated carbocycles. The van der Waals surface area contributed by atoms with Crippen LogP contribution in [0.2, 0.25) is 0 Å². The van der Waals surface area contributed by atoms with Crippen LogP contribution in [0.1, 0.15) is 30.9 Å². The summed E-state index contributed by atoms with van der Waals surface area (Å²) in [5.41, 5.74) is 3.24. The van der Waals surface area contributed by atoms with Gasteiger partial charge < -0.3 is 5.32 Å². The molecule has 30 heavy (non-hydrogen) atoms. The molecular formula is C22H23N5O3. The molecule has 0 bridgehead atoms. The number of imide groups is 1. The quantitative estimate of drug-likeness (QED) is 0.774. The number of hydrogen-bond acceptors (Lipinski definition) is 6. The third-order valence-electron chi connectivity index (χ3n) is 5.40. The molecule has 1 saturated heterocycles. The lowest BCUT2D eigenvalue weighted by molar-refractivity contribution is -0.123. The van der Waals surface area contributed by atoms with Crippen LogP contribution in [0.3, 0.4) is 0 Å². The first-order chi connectivity index (χ1) is 14.4. The second kappa shape index (κ2) is 7.70. The van der Waals surface area contributed by atoms with Crippen molar-refractivity contribution in [3.8, 4) is 0 Å². The zero-order valence-corrected chi connectivity index (χ0v) is 17.1. The van der Waals surface area contributed by atoms with E-state index in [4.69, 9.17) is 0 Å². The van der Waals surface area contributed by atoms with Crippen LogP contribution in [0.4, 0.5) is 11.4 Å². The minimum atomic E-state index is -0.923. The van der Waals surface area contributed by atoms with Gasteiger partial charge in [-0.05, 0) is 42.2 Å². The predicted octanol–water partition coefficient (Wildman–Crippen LogP) is 3.05. The first-order valence-corrected chi connectivity index (χ1v) is 9.87. The Morgan fingerprint density at radius 2 is 1.77 bits per heavy atom. The first kappa shape index (κ1) is 19.8. The molecule has 1 N–H and O–H groups in total. The van der Waals surface area contributed by atoms with Crippen LogP contribution in [0.5, 0.6) is 0 Å². The van der Waals surface area contributed by atoms with Crippen LogP contribution in [0.15, 0.2) is 58.9 Å². The minimum absolute atomic E-state index is 0.169. The Hall–Kier alpha value is -3.55. The van der Waals surface area contributed by atoms with Gasteiger partial charge in [-0.3, -0.25) is 19.4 Å². The molecule has 3 amide bonds. The number of rotatable bonds is 5. The van der Waals surface area contributed by atoms with Crippen molar-refractivity contribution in [3.63, 3.8) is 0 Å². The molecule has 0 spiro atoms. The van der Waals surface area contributed by atoms with Gasteiger partial charge in [0.15, 0.2) is 12.1 Å². The third kappa shape index (κ3) is 3.45. The number of aryl methyl sites for hydroxylation is 1. The monoisotopic (exact) mass is 405 g/mol. The Morgan fingerprint density at radius 1 is 1.07 bits per heavy atom. The maximum absolute atomic E-state index is 13.0. The van der Waals surface area contributed by atoms with Crippen LogP contribution in [-0.4, -0.2) is 41.4 Å². The predicted molar refractivity (Wildman–Crippen MR) is 112 cm³/mol. The van der Waals surface area contributed by atoms with Gasteiger partial charge in [-0.25, -0.2) is 4.90 Å². The standard InChI is InChI=1S/C22H23N5O3/c1-13(2)15-8-10-16(11-9-15)27-21(29)19-20(22(27)30)26(25-24-19)12-18(28)23-17-7-5-4-6-14(17)3/h4-11,13,19-20H,12H2,1-3H3,(H,23,28). The van der Waals surface area contributed by atoms with Crippen LogP contribution >= 0.6 is 0 Å². The summed E-state index contributed by atoms with van der Waals surface area (Å²) in [7, 11) is 0. The normalized spacial score (nSPS) is 20.3. The van der Waals surface area contributed by atoms with Crippen molar-refractivity contribution in [3.05, 3.63) is 59.7 Å². The zero-order valence-electron chi connectivity index (χ0n) is 17.1. The highest BCUT2D eigenvalue weighted by Crippen LogP contribution is 2.32. The average molecular weight is 405 g/mol. The van der Waals surface area contributed by atoms with Crippen molar-refractivity contribution in [1.29, 1.82) is 0 Å². The molecule has 8 heteroatoms. The number of carbonyl (C=O) groups excluding carboxylic acids is 3. The molecule has 2 unspecified atom stereocenters. The number of carbonyl (C=O) groups is 3. The number of nitrogens with zero attached hydrogens (tertiary/aromatic N) is 4. The summed E-state index contributed by atoms with van der Waals surface area (Å²) in [5.74, 6) is -0.827. The number of hydrogen-bond donors (Lipinski definition) is 1. The van der Waals surface area contributed by atoms with E-state index in [1.54, 1.807) is 18.2 Å². The fraction of sp³-hybridized carbons (Fsp3) is 0.318. The van der Waals surface area contributed by atoms with Crippen molar-refractivity contribution in [2.75, 3.05) is 16.8 Å². The molecule has 2 atom stereocenters. The number of para-hydroxylation sites is 1. The molecule has 2 aliphatic heterocycles. The molecule has 154 valence electrons. The lowest BCUT2D eigenvalue weighted by atomic mass is 10.0. The number of amides is 3. The molecule has 4 rings (SSSR count). The van der Waals surface area contributed by atoms with Gasteiger partial charge in [0.1, 0.15) is 6.54 Å². The Morgan fingerprint density at radius 3 is 2.43 bits per heavy atom. The number of anilines is 2. The molecule has 2 aliphatic rings. The van der Waals surface area contributed by atoms with Crippen molar-refractivity contribution in [1.82, 2.24) is 5.01 Å². The van der Waals surface area contributed by atoms with Gasteiger partial charge in [-0.15, -0.1) is 0 Å². The van der Waals surface area contributed by atoms with Gasteiger partial charge in [0.25, 0.3) is 11.8 Å². The van der Waals surface area contributed by atoms with Crippen molar-refractivity contribution < 1.29 is 14.4 Å². The van der Waals surface area contributed by atoms with E-state index in [1.165, 1.54) is 5.01 Å². The highest BCUT2D eigenvalue weighted by atomic mass is 16.2. The Kier molecular flexibility index (Phi) is 5.07. The van der Waals surface area contributed by atoms with E-state index in [0.717, 1.165) is 16.0 Å². The average Bonchev–Trinajstić information content (AvgIpc) is 3.23. The largest absolute Gasteiger partial charge is 0.324 e. The Balaban J connectivity index is 1.49. The molecule has 2 aromatic carbocycles. The summed E-state index contributed by atoms with van der Waals surface area (Å²) in [4.78, 5) is 39.5. The van der Waals surface area contributed by atoms with Crippen molar-refractivity contribution in [2.24, 2.45) is 10.3 Å². The topological polar surface area (TPSA) is 94.4 Å². The fourth-order valence-electron chi connectivity index (χ4n) is 3.67. The Bertz CT molecular complexity index is 1030. The summed E-state index contributed by atoms with van der Waals surface area (Å²) >= 11 is 0. The highest BCUT2D eigenvalue weighted by Gasteiger charge is 2.55. The number of benzene rings is 2. The van der Waals surface area contributed by atoms with Gasteiger partial charge in [0.2, 0.25) is 5.91 Å². The zero-order chi connectivity index (χ0) is 21.4. The first-order valence-electron chi connectivity index (χ1n) is 9.87. The maximum Gasteiger partial charge on any atom is 0.263 e. The Labute approximate surface area is 174 Å². The van der Waals surface area contributed by atoms with E-state index in [9.17, 15) is 14.4 Å². The molecule has 2 aromatic rings.